The van der Waals surface area contributed by atoms with Crippen LogP contribution in [0.2, 0.25) is 0 Å². The van der Waals surface area contributed by atoms with Gasteiger partial charge >= 0.3 is 0 Å². The van der Waals surface area contributed by atoms with E-state index in [2.05, 4.69) is 15.5 Å². The third-order valence-electron chi connectivity index (χ3n) is 2.95. The van der Waals surface area contributed by atoms with Crippen molar-refractivity contribution in [2.75, 3.05) is 13.1 Å². The van der Waals surface area contributed by atoms with E-state index in [1.807, 2.05) is 6.07 Å². The van der Waals surface area contributed by atoms with Crippen LogP contribution < -0.4 is 5.32 Å². The van der Waals surface area contributed by atoms with Gasteiger partial charge < -0.3 is 14.6 Å². The summed E-state index contributed by atoms with van der Waals surface area (Å²) in [6.45, 7) is 2.05. The highest BCUT2D eigenvalue weighted by Gasteiger charge is 2.18. The standard InChI is InChI=1S/C13H14FN3O2.ClH/c14-10-3-1-2-9(4-10)5-12-16-13(19-17-12)8-18-11-6-15-7-11;/h1-4,11,15H,5-8H2;1H. The molecular formula is C13H15ClFN3O2. The molecule has 0 saturated carbocycles. The van der Waals surface area contributed by atoms with Gasteiger partial charge in [0.2, 0.25) is 0 Å². The van der Waals surface area contributed by atoms with Crippen molar-refractivity contribution in [3.63, 3.8) is 0 Å². The molecule has 108 valence electrons. The van der Waals surface area contributed by atoms with E-state index in [4.69, 9.17) is 9.26 Å². The third-order valence-corrected chi connectivity index (χ3v) is 2.95. The molecule has 0 bridgehead atoms. The van der Waals surface area contributed by atoms with Crippen LogP contribution in [-0.4, -0.2) is 29.3 Å². The van der Waals surface area contributed by atoms with Gasteiger partial charge in [-0.05, 0) is 17.7 Å². The lowest BCUT2D eigenvalue weighted by atomic mass is 10.1. The van der Waals surface area contributed by atoms with Crippen LogP contribution in [0.1, 0.15) is 17.3 Å². The summed E-state index contributed by atoms with van der Waals surface area (Å²) in [5.41, 5.74) is 0.816. The van der Waals surface area contributed by atoms with Gasteiger partial charge in [0, 0.05) is 19.5 Å². The summed E-state index contributed by atoms with van der Waals surface area (Å²) in [5, 5.41) is 6.97. The first-order chi connectivity index (χ1) is 9.29. The van der Waals surface area contributed by atoms with Gasteiger partial charge in [0.05, 0.1) is 6.10 Å². The molecule has 1 N–H and O–H groups in total. The SMILES string of the molecule is Cl.Fc1cccc(Cc2noc(COC3CNC3)n2)c1. The van der Waals surface area contributed by atoms with E-state index in [1.54, 1.807) is 6.07 Å². The smallest absolute Gasteiger partial charge is 0.252 e. The molecule has 0 amide bonds. The minimum Gasteiger partial charge on any atom is -0.366 e. The molecule has 7 heteroatoms. The summed E-state index contributed by atoms with van der Waals surface area (Å²) in [7, 11) is 0. The van der Waals surface area contributed by atoms with Crippen molar-refractivity contribution in [2.45, 2.75) is 19.1 Å². The van der Waals surface area contributed by atoms with Gasteiger partial charge in [-0.1, -0.05) is 17.3 Å². The van der Waals surface area contributed by atoms with E-state index in [0.29, 0.717) is 24.7 Å². The Kier molecular flexibility index (Phi) is 5.05. The van der Waals surface area contributed by atoms with Crippen molar-refractivity contribution in [1.29, 1.82) is 0 Å². The summed E-state index contributed by atoms with van der Waals surface area (Å²) in [4.78, 5) is 4.22. The monoisotopic (exact) mass is 299 g/mol. The zero-order valence-corrected chi connectivity index (χ0v) is 11.5. The molecule has 0 aliphatic carbocycles. The van der Waals surface area contributed by atoms with Crippen LogP contribution >= 0.6 is 12.4 Å². The highest BCUT2D eigenvalue weighted by Crippen LogP contribution is 2.10. The molecule has 0 unspecified atom stereocenters. The van der Waals surface area contributed by atoms with E-state index in [-0.39, 0.29) is 24.3 Å². The zero-order chi connectivity index (χ0) is 13.1. The number of rotatable bonds is 5. The lowest BCUT2D eigenvalue weighted by Crippen LogP contribution is -2.48. The summed E-state index contributed by atoms with van der Waals surface area (Å²) in [6, 6.07) is 6.37. The van der Waals surface area contributed by atoms with E-state index >= 15 is 0 Å². The summed E-state index contributed by atoms with van der Waals surface area (Å²) >= 11 is 0. The van der Waals surface area contributed by atoms with Gasteiger partial charge in [-0.15, -0.1) is 12.4 Å². The molecule has 20 heavy (non-hydrogen) atoms. The number of hydrogen-bond acceptors (Lipinski definition) is 5. The fourth-order valence-electron chi connectivity index (χ4n) is 1.82. The second-order valence-electron chi connectivity index (χ2n) is 4.50. The third kappa shape index (κ3) is 3.75. The van der Waals surface area contributed by atoms with E-state index in [0.717, 1.165) is 18.7 Å². The van der Waals surface area contributed by atoms with Crippen LogP contribution in [0.25, 0.3) is 0 Å². The fraction of sp³-hybridized carbons (Fsp3) is 0.385. The molecule has 1 saturated heterocycles. The van der Waals surface area contributed by atoms with Gasteiger partial charge in [0.15, 0.2) is 5.82 Å². The van der Waals surface area contributed by atoms with E-state index in [1.165, 1.54) is 12.1 Å². The van der Waals surface area contributed by atoms with E-state index < -0.39 is 0 Å². The molecule has 2 heterocycles. The summed E-state index contributed by atoms with van der Waals surface area (Å²) in [5.74, 6) is 0.733. The topological polar surface area (TPSA) is 60.2 Å². The van der Waals surface area contributed by atoms with Crippen LogP contribution in [0.3, 0.4) is 0 Å². The van der Waals surface area contributed by atoms with Gasteiger partial charge in [0.1, 0.15) is 12.4 Å². The van der Waals surface area contributed by atoms with Gasteiger partial charge in [-0.25, -0.2) is 4.39 Å². The van der Waals surface area contributed by atoms with Gasteiger partial charge in [-0.3, -0.25) is 0 Å². The Balaban J connectivity index is 0.00000147. The Labute approximate surface area is 121 Å². The summed E-state index contributed by atoms with van der Waals surface area (Å²) < 4.78 is 23.7. The lowest BCUT2D eigenvalue weighted by molar-refractivity contribution is -0.00397. The molecule has 0 radical (unpaired) electrons. The average molecular weight is 300 g/mol. The molecule has 3 rings (SSSR count). The highest BCUT2D eigenvalue weighted by atomic mass is 35.5. The average Bonchev–Trinajstić information content (AvgIpc) is 2.75. The van der Waals surface area contributed by atoms with Crippen molar-refractivity contribution >= 4 is 12.4 Å². The number of ether oxygens (including phenoxy) is 1. The van der Waals surface area contributed by atoms with Gasteiger partial charge in [0.25, 0.3) is 5.89 Å². The minimum atomic E-state index is -0.262. The normalized spacial score (nSPS) is 14.7. The molecule has 0 spiro atoms. The fourth-order valence-corrected chi connectivity index (χ4v) is 1.82. The molecule has 1 aromatic heterocycles. The maximum absolute atomic E-state index is 13.0. The maximum atomic E-state index is 13.0. The number of nitrogens with one attached hydrogen (secondary N) is 1. The van der Waals surface area contributed by atoms with Crippen molar-refractivity contribution in [3.05, 3.63) is 47.4 Å². The Morgan fingerprint density at radius 3 is 2.95 bits per heavy atom. The maximum Gasteiger partial charge on any atom is 0.252 e. The number of aromatic nitrogens is 2. The Bertz CT molecular complexity index is 560. The van der Waals surface area contributed by atoms with Crippen LogP contribution in [0, 0.1) is 5.82 Å². The minimum absolute atomic E-state index is 0. The van der Waals surface area contributed by atoms with Crippen LogP contribution in [-0.2, 0) is 17.8 Å². The Morgan fingerprint density at radius 1 is 1.40 bits per heavy atom. The molecule has 1 fully saturated rings. The molecule has 1 aromatic carbocycles. The molecule has 1 aliphatic heterocycles. The molecule has 5 nitrogen and oxygen atoms in total. The number of benzene rings is 1. The first kappa shape index (κ1) is 14.9. The van der Waals surface area contributed by atoms with Crippen LogP contribution in [0.5, 0.6) is 0 Å². The Hall–Kier alpha value is -1.50. The Morgan fingerprint density at radius 2 is 2.25 bits per heavy atom. The van der Waals surface area contributed by atoms with Crippen molar-refractivity contribution < 1.29 is 13.7 Å². The summed E-state index contributed by atoms with van der Waals surface area (Å²) in [6.07, 6.45) is 0.685. The second-order valence-corrected chi connectivity index (χ2v) is 4.50. The molecular weight excluding hydrogens is 285 g/mol. The largest absolute Gasteiger partial charge is 0.366 e. The molecule has 2 aromatic rings. The first-order valence-electron chi connectivity index (χ1n) is 6.18. The van der Waals surface area contributed by atoms with Crippen molar-refractivity contribution in [2.24, 2.45) is 0 Å². The predicted octanol–water partition coefficient (Wildman–Crippen LogP) is 1.71. The quantitative estimate of drug-likeness (QED) is 0.911. The number of nitrogens with zero attached hydrogens (tertiary/aromatic N) is 2. The predicted molar refractivity (Wildman–Crippen MR) is 72.2 cm³/mol. The van der Waals surface area contributed by atoms with E-state index in [9.17, 15) is 4.39 Å². The second kappa shape index (κ2) is 6.78. The zero-order valence-electron chi connectivity index (χ0n) is 10.7. The lowest BCUT2D eigenvalue weighted by Gasteiger charge is -2.26. The molecule has 1 aliphatic rings. The van der Waals surface area contributed by atoms with Crippen molar-refractivity contribution in [3.8, 4) is 0 Å². The number of halogens is 2. The first-order valence-corrected chi connectivity index (χ1v) is 6.18. The van der Waals surface area contributed by atoms with Crippen LogP contribution in [0.4, 0.5) is 4.39 Å². The number of hydrogen-bond donors (Lipinski definition) is 1. The van der Waals surface area contributed by atoms with Gasteiger partial charge in [-0.2, -0.15) is 4.98 Å². The highest BCUT2D eigenvalue weighted by molar-refractivity contribution is 5.85. The molecule has 0 atom stereocenters. The van der Waals surface area contributed by atoms with Crippen LogP contribution in [0.15, 0.2) is 28.8 Å². The van der Waals surface area contributed by atoms with Crippen molar-refractivity contribution in [1.82, 2.24) is 15.5 Å².